The van der Waals surface area contributed by atoms with Gasteiger partial charge in [0.15, 0.2) is 20.5 Å². The van der Waals surface area contributed by atoms with Crippen LogP contribution >= 0.6 is 56.9 Å². The molecule has 0 spiro atoms. The Morgan fingerprint density at radius 3 is 1.02 bits per heavy atom. The quantitative estimate of drug-likeness (QED) is 0.0314. The molecule has 4 fully saturated rings. The number of rotatable bonds is 31. The Hall–Kier alpha value is -11.5. The molecule has 4 saturated heterocycles. The topological polar surface area (TPSA) is 331 Å². The molecular formula is C95H122ClF3N24O9S4. The van der Waals surface area contributed by atoms with Gasteiger partial charge in [0.25, 0.3) is 22.2 Å². The van der Waals surface area contributed by atoms with Crippen LogP contribution in [0.5, 0.6) is 5.88 Å². The Morgan fingerprint density at radius 2 is 0.735 bits per heavy atom. The first kappa shape index (κ1) is 102. The van der Waals surface area contributed by atoms with E-state index in [1.54, 1.807) is 93.3 Å². The number of alkyl halides is 3. The molecule has 14 heterocycles. The Balaban J connectivity index is 0.000000153. The van der Waals surface area contributed by atoms with Gasteiger partial charge in [0.05, 0.1) is 94.7 Å². The molecule has 2 aromatic carbocycles. The van der Waals surface area contributed by atoms with Crippen LogP contribution in [0.25, 0.3) is 45.6 Å². The van der Waals surface area contributed by atoms with Gasteiger partial charge < -0.3 is 74.4 Å². The van der Waals surface area contributed by atoms with E-state index in [0.717, 1.165) is 104 Å². The molecule has 0 saturated carbocycles. The summed E-state index contributed by atoms with van der Waals surface area (Å²) in [6.45, 7) is 38.6. The van der Waals surface area contributed by atoms with E-state index in [0.29, 0.717) is 141 Å². The predicted molar refractivity (Wildman–Crippen MR) is 541 cm³/mol. The maximum Gasteiger partial charge on any atom is 0.416 e. The molecule has 10 aromatic heterocycles. The van der Waals surface area contributed by atoms with Crippen molar-refractivity contribution in [2.75, 3.05) is 165 Å². The molecule has 0 amide bonds. The fourth-order valence-corrected chi connectivity index (χ4v) is 20.2. The first-order valence-electron chi connectivity index (χ1n) is 45.6. The maximum absolute atomic E-state index is 13.7. The van der Waals surface area contributed by atoms with E-state index in [1.807, 2.05) is 162 Å². The lowest BCUT2D eigenvalue weighted by atomic mass is 10.1. The highest BCUT2D eigenvalue weighted by atomic mass is 35.5. The second-order valence-corrected chi connectivity index (χ2v) is 37.4. The van der Waals surface area contributed by atoms with Crippen molar-refractivity contribution in [3.63, 3.8) is 0 Å². The zero-order valence-corrected chi connectivity index (χ0v) is 84.6. The lowest BCUT2D eigenvalue weighted by Crippen LogP contribution is -2.38. The molecule has 4 unspecified atom stereocenters. The van der Waals surface area contributed by atoms with Gasteiger partial charge in [-0.05, 0) is 164 Å². The standard InChI is InChI=1S/C25H34N6O2S.C24H33N7O2S.C23H25ClF3N5O2S.C23H30N6O3S/c1-7-31-23(19-10-9-18(29(5)6)13-16(19)3)27-17(4)22(24(31)32)28-20-14-30(15-21(20)33-8-2)25-26-11-12-34-25;1-7-31-22(17-12-26-20(29(5)6)11-15(17)3)27-16(4)21(23(31)32)28-18-13-30(14-19(18)33-8-2)24-25-9-10-34-24;1-4-32-20(15-7-6-14(10-16(15)24)23(25,26)27)29-13(3)19(21(32)33)30-17-11-31(12-18(17)34-5-2)22-28-8-9-35-22;1-6-29-21(16-8-9-19(31-5)25-14(16)3)26-15(4)20(22(29)30)27-17-12-28(13-18(17)32-7-2)23-24-10-11-33-23/h9-13,20-21,28H,7-8,14-15H2,1-6H3;9-12,18-19,28H,7-8,13-14H2,1-6H3;6-10,17-18,30H,4-5,11-12H2,1-3H3;8-11,17-18,27H,6-7,12-13H2,1-5H3/t20?,21-;18?,19-;2*17?,18-/m0000/s1. The minimum Gasteiger partial charge on any atom is -0.481 e. The fraction of sp³-hybridized carbons (Fsp3) is 0.474. The molecule has 0 radical (unpaired) electrons. The number of halogens is 4. The molecule has 4 N–H and O–H groups in total. The van der Waals surface area contributed by atoms with Crippen molar-refractivity contribution in [1.29, 1.82) is 0 Å². The fourth-order valence-electron chi connectivity index (χ4n) is 17.3. The number of ether oxygens (including phenoxy) is 5. The molecule has 0 aliphatic carbocycles. The van der Waals surface area contributed by atoms with Gasteiger partial charge in [-0.3, -0.25) is 37.4 Å². The highest BCUT2D eigenvalue weighted by molar-refractivity contribution is 7.14. The molecule has 4 aliphatic rings. The molecule has 16 rings (SSSR count). The third kappa shape index (κ3) is 23.0. The van der Waals surface area contributed by atoms with Gasteiger partial charge in [0.2, 0.25) is 5.88 Å². The van der Waals surface area contributed by atoms with E-state index in [2.05, 4.69) is 106 Å². The van der Waals surface area contributed by atoms with Crippen molar-refractivity contribution in [2.24, 2.45) is 0 Å². The van der Waals surface area contributed by atoms with Gasteiger partial charge in [0.1, 0.15) is 51.9 Å². The molecule has 0 bridgehead atoms. The van der Waals surface area contributed by atoms with Gasteiger partial charge in [-0.25, -0.2) is 49.8 Å². The van der Waals surface area contributed by atoms with Crippen LogP contribution in [0, 0.1) is 48.5 Å². The Labute approximate surface area is 811 Å². The predicted octanol–water partition coefficient (Wildman–Crippen LogP) is 15.1. The number of methoxy groups -OCH3 is 1. The molecule has 33 nitrogen and oxygen atoms in total. The number of anilines is 10. The number of hydrogen-bond acceptors (Lipinski definition) is 33. The van der Waals surface area contributed by atoms with Crippen LogP contribution in [0.15, 0.2) is 126 Å². The van der Waals surface area contributed by atoms with E-state index in [4.69, 9.17) is 50.2 Å². The van der Waals surface area contributed by atoms with Crippen molar-refractivity contribution in [1.82, 2.24) is 68.1 Å². The largest absolute Gasteiger partial charge is 0.481 e. The summed E-state index contributed by atoms with van der Waals surface area (Å²) in [5.74, 6) is 3.57. The SMILES string of the molecule is CCO[C@H]1CN(c2nccs2)CC1Nc1c(C)nc(-c2ccc(C(F)(F)F)cc2Cl)n(CC)c1=O.CCO[C@H]1CN(c2nccs2)CC1Nc1c(C)nc(-c2ccc(N(C)C)cc2C)n(CC)c1=O.CCO[C@H]1CN(c2nccs2)CC1Nc1c(C)nc(-c2ccc(OC)nc2C)n(CC)c1=O.CCO[C@H]1CN(c2nccs2)CC1Nc1c(C)nc(-c2cnc(N(C)C)cc2C)n(CC)c1=O. The molecule has 136 heavy (non-hydrogen) atoms. The number of pyridine rings is 2. The van der Waals surface area contributed by atoms with Crippen LogP contribution in [0.2, 0.25) is 5.02 Å². The van der Waals surface area contributed by atoms with Crippen molar-refractivity contribution in [3.05, 3.63) is 199 Å². The Morgan fingerprint density at radius 1 is 0.404 bits per heavy atom. The van der Waals surface area contributed by atoms with E-state index in [1.165, 1.54) is 22.0 Å². The van der Waals surface area contributed by atoms with E-state index < -0.39 is 11.7 Å². The number of aryl methyl sites for hydroxylation is 7. The number of thiazole rings is 4. The first-order valence-corrected chi connectivity index (χ1v) is 49.5. The van der Waals surface area contributed by atoms with Crippen LogP contribution in [-0.4, -0.2) is 231 Å². The highest BCUT2D eigenvalue weighted by Crippen LogP contribution is 2.39. The molecular weight excluding hydrogens is 1840 g/mol. The monoisotopic (exact) mass is 1960 g/mol. The third-order valence-electron chi connectivity index (χ3n) is 24.1. The Bertz CT molecular complexity index is 6120. The summed E-state index contributed by atoms with van der Waals surface area (Å²) in [6.07, 6.45) is 4.15. The average Bonchev–Trinajstić information content (AvgIpc) is 1.08. The van der Waals surface area contributed by atoms with Crippen molar-refractivity contribution >= 4 is 112 Å². The number of aromatic nitrogens is 14. The van der Waals surface area contributed by atoms with E-state index >= 15 is 0 Å². The van der Waals surface area contributed by atoms with Crippen molar-refractivity contribution in [2.45, 2.75) is 185 Å². The normalized spacial score (nSPS) is 18.0. The van der Waals surface area contributed by atoms with Crippen LogP contribution in [0.3, 0.4) is 0 Å². The molecule has 4 aliphatic heterocycles. The van der Waals surface area contributed by atoms with Crippen LogP contribution in [0.1, 0.15) is 101 Å². The van der Waals surface area contributed by atoms with Crippen LogP contribution in [0.4, 0.5) is 68.0 Å². The molecule has 41 heteroatoms. The summed E-state index contributed by atoms with van der Waals surface area (Å²) < 4.78 is 75.0. The van der Waals surface area contributed by atoms with Crippen molar-refractivity contribution < 1.29 is 36.9 Å². The van der Waals surface area contributed by atoms with Crippen molar-refractivity contribution in [3.8, 4) is 51.4 Å². The zero-order chi connectivity index (χ0) is 97.7. The molecule has 728 valence electrons. The molecule has 12 aromatic rings. The van der Waals surface area contributed by atoms with Gasteiger partial charge in [0, 0.05) is 220 Å². The summed E-state index contributed by atoms with van der Waals surface area (Å²) in [5.41, 5.74) is 9.84. The van der Waals surface area contributed by atoms with Gasteiger partial charge in [-0.1, -0.05) is 11.6 Å². The Kier molecular flexibility index (Phi) is 34.2. The van der Waals surface area contributed by atoms with Crippen LogP contribution in [-0.2, 0) is 51.3 Å². The second kappa shape index (κ2) is 45.6. The summed E-state index contributed by atoms with van der Waals surface area (Å²) in [5, 5.41) is 25.3. The number of benzene rings is 2. The first-order chi connectivity index (χ1) is 65.3. The highest BCUT2D eigenvalue weighted by Gasteiger charge is 2.41. The minimum atomic E-state index is -4.52. The number of hydrogen-bond donors (Lipinski definition) is 4. The van der Waals surface area contributed by atoms with E-state index in [9.17, 15) is 32.3 Å². The van der Waals surface area contributed by atoms with Gasteiger partial charge in [-0.15, -0.1) is 45.3 Å². The molecule has 8 atom stereocenters. The van der Waals surface area contributed by atoms with Gasteiger partial charge in [-0.2, -0.15) is 13.2 Å². The van der Waals surface area contributed by atoms with Crippen LogP contribution < -0.4 is 77.6 Å². The smallest absolute Gasteiger partial charge is 0.416 e. The number of nitrogens with zero attached hydrogens (tertiary/aromatic N) is 20. The maximum atomic E-state index is 13.7. The summed E-state index contributed by atoms with van der Waals surface area (Å²) in [4.78, 5) is 113. The third-order valence-corrected chi connectivity index (χ3v) is 27.8. The summed E-state index contributed by atoms with van der Waals surface area (Å²) in [7, 11) is 9.54. The average molecular weight is 1960 g/mol. The summed E-state index contributed by atoms with van der Waals surface area (Å²) >= 11 is 12.6. The lowest BCUT2D eigenvalue weighted by Gasteiger charge is -2.23. The minimum absolute atomic E-state index is 0.0330. The lowest BCUT2D eigenvalue weighted by molar-refractivity contribution is -0.137. The van der Waals surface area contributed by atoms with Gasteiger partial charge >= 0.3 is 6.18 Å². The second-order valence-electron chi connectivity index (χ2n) is 33.5. The zero-order valence-electron chi connectivity index (χ0n) is 80.6. The van der Waals surface area contributed by atoms with E-state index in [-0.39, 0.29) is 93.8 Å². The number of nitrogens with one attached hydrogen (secondary N) is 4. The summed E-state index contributed by atoms with van der Waals surface area (Å²) in [6, 6.07) is 14.7.